The molecule has 0 aliphatic heterocycles. The summed E-state index contributed by atoms with van der Waals surface area (Å²) in [5, 5.41) is 9.20. The van der Waals surface area contributed by atoms with E-state index in [4.69, 9.17) is 18.9 Å². The summed E-state index contributed by atoms with van der Waals surface area (Å²) >= 11 is 0. The quantitative estimate of drug-likeness (QED) is 0.561. The van der Waals surface area contributed by atoms with Crippen LogP contribution in [0.5, 0.6) is 0 Å². The number of ether oxygens (including phenoxy) is 4. The second kappa shape index (κ2) is 11.5. The van der Waals surface area contributed by atoms with Gasteiger partial charge in [-0.15, -0.1) is 0 Å². The van der Waals surface area contributed by atoms with E-state index in [9.17, 15) is 14.7 Å². The highest BCUT2D eigenvalue weighted by Gasteiger charge is 2.16. The van der Waals surface area contributed by atoms with E-state index < -0.39 is 18.2 Å². The van der Waals surface area contributed by atoms with Crippen LogP contribution >= 0.6 is 0 Å². The molecule has 0 fully saturated rings. The van der Waals surface area contributed by atoms with Gasteiger partial charge in [0.15, 0.2) is 0 Å². The topological polar surface area (TPSA) is 91.3 Å². The Morgan fingerprint density at radius 3 is 2.33 bits per heavy atom. The van der Waals surface area contributed by atoms with Crippen molar-refractivity contribution < 1.29 is 33.6 Å². The van der Waals surface area contributed by atoms with Gasteiger partial charge < -0.3 is 24.1 Å². The van der Waals surface area contributed by atoms with E-state index in [0.29, 0.717) is 13.0 Å². The molecular weight excluding hydrogens is 280 g/mol. The van der Waals surface area contributed by atoms with Gasteiger partial charge >= 0.3 is 11.9 Å². The predicted molar refractivity (Wildman–Crippen MR) is 74.7 cm³/mol. The van der Waals surface area contributed by atoms with Crippen LogP contribution in [0.4, 0.5) is 0 Å². The van der Waals surface area contributed by atoms with Gasteiger partial charge in [-0.2, -0.15) is 0 Å². The van der Waals surface area contributed by atoms with Crippen molar-refractivity contribution in [2.45, 2.75) is 51.9 Å². The Balaban J connectivity index is 4.13. The zero-order valence-corrected chi connectivity index (χ0v) is 13.2. The second-order valence-corrected chi connectivity index (χ2v) is 4.90. The molecule has 3 atom stereocenters. The second-order valence-electron chi connectivity index (χ2n) is 4.90. The maximum absolute atomic E-state index is 11.6. The Morgan fingerprint density at radius 1 is 1.14 bits per heavy atom. The Labute approximate surface area is 125 Å². The zero-order chi connectivity index (χ0) is 16.3. The summed E-state index contributed by atoms with van der Waals surface area (Å²) in [7, 11) is 1.53. The fourth-order valence-electron chi connectivity index (χ4n) is 1.53. The van der Waals surface area contributed by atoms with Crippen LogP contribution in [-0.2, 0) is 28.5 Å². The van der Waals surface area contributed by atoms with Crippen LogP contribution in [0.25, 0.3) is 0 Å². The van der Waals surface area contributed by atoms with E-state index in [1.54, 1.807) is 13.8 Å². The predicted octanol–water partition coefficient (Wildman–Crippen LogP) is 0.674. The summed E-state index contributed by atoms with van der Waals surface area (Å²) in [6, 6.07) is 0. The van der Waals surface area contributed by atoms with Crippen molar-refractivity contribution in [2.24, 2.45) is 0 Å². The van der Waals surface area contributed by atoms with Crippen LogP contribution in [0.15, 0.2) is 0 Å². The molecule has 0 saturated carbocycles. The third-order valence-electron chi connectivity index (χ3n) is 2.45. The third-order valence-corrected chi connectivity index (χ3v) is 2.45. The molecule has 0 aromatic heterocycles. The molecular formula is C14H26O7. The van der Waals surface area contributed by atoms with E-state index in [1.807, 2.05) is 0 Å². The molecule has 0 heterocycles. The number of aliphatic hydroxyl groups excluding tert-OH is 1. The lowest BCUT2D eigenvalue weighted by atomic mass is 10.2. The van der Waals surface area contributed by atoms with E-state index in [0.717, 1.165) is 0 Å². The van der Waals surface area contributed by atoms with Crippen molar-refractivity contribution in [3.63, 3.8) is 0 Å². The number of esters is 2. The monoisotopic (exact) mass is 306 g/mol. The summed E-state index contributed by atoms with van der Waals surface area (Å²) in [4.78, 5) is 22.4. The molecule has 0 aliphatic rings. The number of hydrogen-bond donors (Lipinski definition) is 1. The van der Waals surface area contributed by atoms with Crippen molar-refractivity contribution in [2.75, 3.05) is 26.9 Å². The summed E-state index contributed by atoms with van der Waals surface area (Å²) in [6.07, 6.45) is -0.904. The minimum absolute atomic E-state index is 0.0446. The Kier molecular flexibility index (Phi) is 10.8. The summed E-state index contributed by atoms with van der Waals surface area (Å²) in [5.41, 5.74) is 0. The lowest BCUT2D eigenvalue weighted by Gasteiger charge is -2.19. The van der Waals surface area contributed by atoms with Crippen LogP contribution in [0, 0.1) is 0 Å². The van der Waals surface area contributed by atoms with Gasteiger partial charge in [0.25, 0.3) is 0 Å². The van der Waals surface area contributed by atoms with Gasteiger partial charge in [0.2, 0.25) is 0 Å². The molecule has 3 unspecified atom stereocenters. The first-order valence-corrected chi connectivity index (χ1v) is 6.96. The number of hydrogen-bond acceptors (Lipinski definition) is 7. The summed E-state index contributed by atoms with van der Waals surface area (Å²) in [6.45, 7) is 5.11. The first-order chi connectivity index (χ1) is 9.85. The van der Waals surface area contributed by atoms with E-state index in [1.165, 1.54) is 14.0 Å². The lowest BCUT2D eigenvalue weighted by molar-refractivity contribution is -0.152. The fourth-order valence-corrected chi connectivity index (χ4v) is 1.53. The standard InChI is InChI=1S/C14H26O7/c1-10(15)7-20-13(9-19-12(3)16)5-6-14(17)21-11(2)8-18-4/h10-11,13,15H,5-9H2,1-4H3. The van der Waals surface area contributed by atoms with Crippen LogP contribution in [-0.4, -0.2) is 62.3 Å². The minimum atomic E-state index is -0.626. The first kappa shape index (κ1) is 19.8. The number of carbonyl (C=O) groups excluding carboxylic acids is 2. The molecule has 1 N–H and O–H groups in total. The molecule has 21 heavy (non-hydrogen) atoms. The van der Waals surface area contributed by atoms with Crippen LogP contribution in [0.3, 0.4) is 0 Å². The largest absolute Gasteiger partial charge is 0.463 e. The van der Waals surface area contributed by atoms with Crippen LogP contribution in [0.1, 0.15) is 33.6 Å². The lowest BCUT2D eigenvalue weighted by Crippen LogP contribution is -2.27. The van der Waals surface area contributed by atoms with E-state index in [2.05, 4.69) is 0 Å². The molecule has 7 heteroatoms. The van der Waals surface area contributed by atoms with Gasteiger partial charge in [0.05, 0.1) is 25.4 Å². The average Bonchev–Trinajstić information content (AvgIpc) is 2.37. The molecule has 0 aliphatic carbocycles. The van der Waals surface area contributed by atoms with E-state index in [-0.39, 0.29) is 31.7 Å². The average molecular weight is 306 g/mol. The number of methoxy groups -OCH3 is 1. The van der Waals surface area contributed by atoms with Gasteiger partial charge in [0, 0.05) is 20.5 Å². The normalized spacial score (nSPS) is 15.1. The SMILES string of the molecule is COCC(C)OC(=O)CCC(COC(C)=O)OCC(C)O. The van der Waals surface area contributed by atoms with Gasteiger partial charge in [-0.25, -0.2) is 0 Å². The molecule has 0 saturated heterocycles. The number of rotatable bonds is 11. The summed E-state index contributed by atoms with van der Waals surface area (Å²) in [5.74, 6) is -0.787. The third kappa shape index (κ3) is 12.3. The number of carbonyl (C=O) groups is 2. The summed E-state index contributed by atoms with van der Waals surface area (Å²) < 4.78 is 20.3. The molecule has 7 nitrogen and oxygen atoms in total. The maximum atomic E-state index is 11.6. The molecule has 0 aromatic carbocycles. The smallest absolute Gasteiger partial charge is 0.306 e. The van der Waals surface area contributed by atoms with Gasteiger partial charge in [-0.05, 0) is 20.3 Å². The van der Waals surface area contributed by atoms with Crippen molar-refractivity contribution in [1.82, 2.24) is 0 Å². The maximum Gasteiger partial charge on any atom is 0.306 e. The van der Waals surface area contributed by atoms with Crippen LogP contribution in [0.2, 0.25) is 0 Å². The molecule has 124 valence electrons. The minimum Gasteiger partial charge on any atom is -0.463 e. The first-order valence-electron chi connectivity index (χ1n) is 6.96. The molecule has 0 amide bonds. The molecule has 0 radical (unpaired) electrons. The Hall–Kier alpha value is -1.18. The van der Waals surface area contributed by atoms with Crippen molar-refractivity contribution in [3.8, 4) is 0 Å². The highest BCUT2D eigenvalue weighted by Crippen LogP contribution is 2.07. The van der Waals surface area contributed by atoms with E-state index >= 15 is 0 Å². The van der Waals surface area contributed by atoms with Crippen LogP contribution < -0.4 is 0 Å². The highest BCUT2D eigenvalue weighted by atomic mass is 16.6. The van der Waals surface area contributed by atoms with Gasteiger partial charge in [-0.1, -0.05) is 0 Å². The molecule has 0 bridgehead atoms. The van der Waals surface area contributed by atoms with Gasteiger partial charge in [-0.3, -0.25) is 9.59 Å². The van der Waals surface area contributed by atoms with Crippen molar-refractivity contribution in [3.05, 3.63) is 0 Å². The zero-order valence-electron chi connectivity index (χ0n) is 13.2. The molecule has 0 aromatic rings. The van der Waals surface area contributed by atoms with Gasteiger partial charge in [0.1, 0.15) is 12.7 Å². The molecule has 0 spiro atoms. The van der Waals surface area contributed by atoms with Crippen molar-refractivity contribution >= 4 is 11.9 Å². The highest BCUT2D eigenvalue weighted by molar-refractivity contribution is 5.69. The Morgan fingerprint density at radius 2 is 1.81 bits per heavy atom. The fraction of sp³-hybridized carbons (Fsp3) is 0.857. The number of aliphatic hydroxyl groups is 1. The van der Waals surface area contributed by atoms with Crippen molar-refractivity contribution in [1.29, 1.82) is 0 Å². The molecule has 0 rings (SSSR count). The Bertz CT molecular complexity index is 304.